The number of aromatic nitrogens is 1. The van der Waals surface area contributed by atoms with Crippen molar-refractivity contribution in [2.24, 2.45) is 22.8 Å². The maximum Gasteiger partial charge on any atom is 0.254 e. The van der Waals surface area contributed by atoms with Crippen LogP contribution in [0.1, 0.15) is 92.4 Å². The van der Waals surface area contributed by atoms with Crippen LogP contribution < -0.4 is 38.1 Å². The van der Waals surface area contributed by atoms with Gasteiger partial charge in [0.05, 0.1) is 35.3 Å². The fraction of sp³-hybridized carbons (Fsp3) is 0.424. The van der Waals surface area contributed by atoms with Gasteiger partial charge in [-0.25, -0.2) is 9.37 Å². The molecule has 0 radical (unpaired) electrons. The first kappa shape index (κ1) is 62.9. The number of carbonyl (C=O) groups is 7. The summed E-state index contributed by atoms with van der Waals surface area (Å²) >= 11 is 0. The van der Waals surface area contributed by atoms with Crippen LogP contribution in [-0.2, 0) is 57.7 Å². The van der Waals surface area contributed by atoms with Gasteiger partial charge in [0, 0.05) is 90.9 Å². The number of hydrogen-bond acceptors (Lipinski definition) is 14. The Morgan fingerprint density at radius 1 is 1.03 bits per heavy atom. The van der Waals surface area contributed by atoms with Gasteiger partial charge in [0.1, 0.15) is 25.0 Å². The van der Waals surface area contributed by atoms with Crippen molar-refractivity contribution in [1.29, 1.82) is 0 Å². The van der Waals surface area contributed by atoms with Gasteiger partial charge in [-0.15, -0.1) is 6.58 Å². The molecule has 1 aromatic heterocycles. The summed E-state index contributed by atoms with van der Waals surface area (Å²) in [6, 6.07) is 11.1. The molecule has 18 nitrogen and oxygen atoms in total. The molecule has 4 atom stereocenters. The monoisotopic (exact) mass is 1070 g/mol. The minimum absolute atomic E-state index is 0.0585. The molecule has 5 amide bonds. The molecule has 4 unspecified atom stereocenters. The summed E-state index contributed by atoms with van der Waals surface area (Å²) in [4.78, 5) is 83.2. The number of fused-ring (bicyclic) bond motifs is 4. The number of amides is 5. The lowest BCUT2D eigenvalue weighted by atomic mass is 9.82. The predicted molar refractivity (Wildman–Crippen MR) is 302 cm³/mol. The van der Waals surface area contributed by atoms with Crippen LogP contribution >= 0.6 is 0 Å². The smallest absolute Gasteiger partial charge is 0.254 e. The largest absolute Gasteiger partial charge is 0.493 e. The first-order chi connectivity index (χ1) is 37.4. The second-order valence-corrected chi connectivity index (χ2v) is 19.9. The highest BCUT2D eigenvalue weighted by molar-refractivity contribution is 6.13. The maximum atomic E-state index is 14.8. The van der Waals surface area contributed by atoms with Gasteiger partial charge in [-0.2, -0.15) is 0 Å². The molecule has 78 heavy (non-hydrogen) atoms. The van der Waals surface area contributed by atoms with Gasteiger partial charge in [-0.3, -0.25) is 28.9 Å². The molecule has 0 saturated heterocycles. The zero-order valence-electron chi connectivity index (χ0n) is 46.1. The number of allylic oxidation sites excluding steroid dienone is 2. The van der Waals surface area contributed by atoms with Crippen molar-refractivity contribution >= 4 is 59.7 Å². The van der Waals surface area contributed by atoms with Gasteiger partial charge < -0.3 is 57.3 Å². The van der Waals surface area contributed by atoms with E-state index in [0.29, 0.717) is 31.4 Å². The Kier molecular flexibility index (Phi) is 25.0. The zero-order chi connectivity index (χ0) is 57.5. The molecule has 3 aromatic rings. The molecule has 4 aliphatic heterocycles. The third-order valence-corrected chi connectivity index (χ3v) is 14.0. The molecule has 19 heteroatoms. The Morgan fingerprint density at radius 2 is 1.71 bits per heavy atom. The van der Waals surface area contributed by atoms with E-state index in [-0.39, 0.29) is 74.0 Å². The lowest BCUT2D eigenvalue weighted by Gasteiger charge is -2.35. The molecule has 0 bridgehead atoms. The van der Waals surface area contributed by atoms with E-state index in [1.807, 2.05) is 65.2 Å². The molecular formula is C59H79FN10O8. The van der Waals surface area contributed by atoms with E-state index in [2.05, 4.69) is 75.7 Å². The number of pyridine rings is 1. The minimum Gasteiger partial charge on any atom is -0.493 e. The highest BCUT2D eigenvalue weighted by Crippen LogP contribution is 2.48. The highest BCUT2D eigenvalue weighted by atomic mass is 19.1. The van der Waals surface area contributed by atoms with E-state index >= 15 is 0 Å². The van der Waals surface area contributed by atoms with E-state index in [1.54, 1.807) is 12.1 Å². The van der Waals surface area contributed by atoms with E-state index in [9.17, 15) is 28.4 Å². The van der Waals surface area contributed by atoms with E-state index in [1.165, 1.54) is 45.5 Å². The Morgan fingerprint density at radius 3 is 2.31 bits per heavy atom. The summed E-state index contributed by atoms with van der Waals surface area (Å²) in [7, 11) is 3.92. The number of nitrogens with zero attached hydrogens (tertiary/aromatic N) is 3. The number of nitrogens with one attached hydrogen (secondary N) is 5. The minimum atomic E-state index is -0.681. The summed E-state index contributed by atoms with van der Waals surface area (Å²) in [5, 5.41) is 16.6. The Balaban J connectivity index is 0.000000268. The summed E-state index contributed by atoms with van der Waals surface area (Å²) in [5.74, 6) is -0.0582. The van der Waals surface area contributed by atoms with Crippen LogP contribution in [0.2, 0.25) is 0 Å². The molecule has 420 valence electrons. The summed E-state index contributed by atoms with van der Waals surface area (Å²) < 4.78 is 20.7. The number of ether oxygens (including phenoxy) is 1. The number of rotatable bonds is 21. The topological polar surface area (TPSA) is 260 Å². The fourth-order valence-corrected chi connectivity index (χ4v) is 10.0. The number of benzene rings is 2. The zero-order valence-corrected chi connectivity index (χ0v) is 46.1. The van der Waals surface area contributed by atoms with Gasteiger partial charge >= 0.3 is 0 Å². The normalized spacial score (nSPS) is 17.2. The predicted octanol–water partition coefficient (Wildman–Crippen LogP) is 4.82. The molecule has 0 saturated carbocycles. The summed E-state index contributed by atoms with van der Waals surface area (Å²) in [5.41, 5.74) is 19.9. The SMILES string of the molecule is C=C1OCC2=C(C=C3c4nc5cc(F)c(C)c6c5c(c4CN3C2)C(NC)CC6)C1CC.C=CCC(Cc1ccccc1)NC(=O)CCNC(=C)C(CNCC=O)N1C(=O)C=CC1=O.CNCCC(C)(C)C=O.NC=O.NC=O. The molecule has 8 rings (SSSR count). The number of carbonyl (C=O) groups excluding carboxylic acids is 7. The van der Waals surface area contributed by atoms with E-state index in [0.717, 1.165) is 90.2 Å². The van der Waals surface area contributed by atoms with Gasteiger partial charge in [-0.1, -0.05) is 70.3 Å². The Hall–Kier alpha value is -7.61. The third-order valence-electron chi connectivity index (χ3n) is 14.0. The molecule has 0 fully saturated rings. The lowest BCUT2D eigenvalue weighted by Crippen LogP contribution is -2.49. The van der Waals surface area contributed by atoms with Crippen molar-refractivity contribution in [3.05, 3.63) is 142 Å². The van der Waals surface area contributed by atoms with Crippen LogP contribution in [0.3, 0.4) is 0 Å². The molecule has 2 aromatic carbocycles. The first-order valence-electron chi connectivity index (χ1n) is 26.2. The van der Waals surface area contributed by atoms with Crippen molar-refractivity contribution < 1.29 is 42.7 Å². The van der Waals surface area contributed by atoms with Crippen molar-refractivity contribution in [3.63, 3.8) is 0 Å². The second-order valence-electron chi connectivity index (χ2n) is 19.9. The Labute approximate surface area is 458 Å². The molecule has 5 aliphatic rings. The van der Waals surface area contributed by atoms with Crippen LogP contribution in [0.15, 0.2) is 103 Å². The standard InChI is InChI=1S/C26H28FN3O.C24H30N4O4.C7H15NO.2CH3NO/c1-5-16-14(3)31-12-15-10-30-11-19-25-21(28-4)7-6-17-13(2)20(27)9-22(24(17)25)29-26(19)23(30)8-18(15)16;1-3-7-20(16-19-8-5-4-6-9-19)27-22(30)12-13-26-18(2)21(17-25-14-15-29)28-23(31)10-11-24(28)32;1-7(2,6-9)4-5-8-3;2*2-1-3/h8-9,16,21,28H,3,5-7,10-12H2,1-2,4H3;3-6,8-11,15,20-21,25-26H,1-2,7,12-14,16-17H2,(H,27,30);6,8H,4-5H2,1-3H3;2*1H,(H2,2,3). The van der Waals surface area contributed by atoms with Gasteiger partial charge in [0.25, 0.3) is 11.8 Å². The third kappa shape index (κ3) is 16.5. The van der Waals surface area contributed by atoms with Gasteiger partial charge in [0.15, 0.2) is 0 Å². The second kappa shape index (κ2) is 31.0. The number of imide groups is 1. The van der Waals surface area contributed by atoms with Crippen LogP contribution in [0, 0.1) is 24.1 Å². The number of aryl methyl sites for hydroxylation is 1. The molecular weight excluding hydrogens is 996 g/mol. The maximum absolute atomic E-state index is 14.8. The quantitative estimate of drug-likeness (QED) is 0.0327. The number of aldehydes is 2. The van der Waals surface area contributed by atoms with Crippen LogP contribution in [0.5, 0.6) is 0 Å². The fourth-order valence-electron chi connectivity index (χ4n) is 10.0. The Bertz CT molecular complexity index is 2730. The van der Waals surface area contributed by atoms with Crippen molar-refractivity contribution in [3.8, 4) is 0 Å². The molecule has 9 N–H and O–H groups in total. The number of hydrogen-bond donors (Lipinski definition) is 7. The molecule has 0 spiro atoms. The number of halogens is 1. The first-order valence-corrected chi connectivity index (χ1v) is 26.2. The average Bonchev–Trinajstić information content (AvgIpc) is 4.10. The van der Waals surface area contributed by atoms with Crippen LogP contribution in [0.4, 0.5) is 4.39 Å². The van der Waals surface area contributed by atoms with E-state index in [4.69, 9.17) is 19.3 Å². The van der Waals surface area contributed by atoms with Crippen molar-refractivity contribution in [1.82, 2.24) is 41.4 Å². The van der Waals surface area contributed by atoms with Crippen LogP contribution in [-0.4, -0.2) is 123 Å². The van der Waals surface area contributed by atoms with Gasteiger partial charge in [-0.05, 0) is 106 Å². The number of primary amides is 2. The van der Waals surface area contributed by atoms with E-state index < -0.39 is 17.9 Å². The highest BCUT2D eigenvalue weighted by Gasteiger charge is 2.39. The van der Waals surface area contributed by atoms with Gasteiger partial charge in [0.2, 0.25) is 18.7 Å². The van der Waals surface area contributed by atoms with Crippen molar-refractivity contribution in [2.45, 2.75) is 97.3 Å². The molecule has 1 aliphatic carbocycles. The summed E-state index contributed by atoms with van der Waals surface area (Å²) in [6.07, 6.45) is 14.0. The average molecular weight is 1080 g/mol. The van der Waals surface area contributed by atoms with Crippen LogP contribution in [0.25, 0.3) is 16.6 Å². The molecule has 5 heterocycles. The van der Waals surface area contributed by atoms with Crippen molar-refractivity contribution in [2.75, 3.05) is 53.4 Å². The summed E-state index contributed by atoms with van der Waals surface area (Å²) in [6.45, 7) is 23.6. The lowest BCUT2D eigenvalue weighted by molar-refractivity contribution is -0.138. The number of nitrogens with two attached hydrogens (primary N) is 2.